The Bertz CT molecular complexity index is 892. The molecule has 0 aliphatic rings. The molecule has 0 aromatic heterocycles. The minimum Gasteiger partial charge on any atom is -0.307 e. The van der Waals surface area contributed by atoms with Crippen molar-refractivity contribution >= 4 is 5.78 Å². The van der Waals surface area contributed by atoms with Crippen molar-refractivity contribution in [2.24, 2.45) is 0 Å². The Morgan fingerprint density at radius 3 is 1.79 bits per heavy atom. The highest BCUT2D eigenvalue weighted by molar-refractivity contribution is 5.95. The van der Waals surface area contributed by atoms with Crippen LogP contribution in [0.1, 0.15) is 35.6 Å². The molecule has 0 aliphatic carbocycles. The van der Waals surface area contributed by atoms with E-state index in [1.807, 2.05) is 48.5 Å². The van der Waals surface area contributed by atoms with Gasteiger partial charge < -0.3 is 4.90 Å². The van der Waals surface area contributed by atoms with Crippen molar-refractivity contribution in [1.29, 1.82) is 0 Å². The molecule has 0 amide bonds. The van der Waals surface area contributed by atoms with Gasteiger partial charge in [0.25, 0.3) is 0 Å². The van der Waals surface area contributed by atoms with Crippen LogP contribution in [0, 0.1) is 6.92 Å². The largest absolute Gasteiger partial charge is 0.307 e. The number of ketones is 1. The highest BCUT2D eigenvalue weighted by atomic mass is 16.1. The first-order valence-electron chi connectivity index (χ1n) is 10.3. The number of aryl methyl sites for hydroxylation is 1. The highest BCUT2D eigenvalue weighted by Gasteiger charge is 2.42. The Kier molecular flexibility index (Phi) is 6.66. The summed E-state index contributed by atoms with van der Waals surface area (Å²) in [6.45, 7) is 4.28. The number of carbonyl (C=O) groups is 1. The smallest absolute Gasteiger partial charge is 0.152 e. The van der Waals surface area contributed by atoms with Gasteiger partial charge in [-0.1, -0.05) is 84.9 Å². The molecule has 2 nitrogen and oxygen atoms in total. The zero-order chi connectivity index (χ0) is 20.9. The predicted octanol–water partition coefficient (Wildman–Crippen LogP) is 5.43. The fraction of sp³-hybridized carbons (Fsp3) is 0.296. The van der Waals surface area contributed by atoms with Gasteiger partial charge in [0.1, 0.15) is 0 Å². The van der Waals surface area contributed by atoms with Gasteiger partial charge in [-0.05, 0) is 56.6 Å². The summed E-state index contributed by atoms with van der Waals surface area (Å²) in [5.41, 5.74) is 3.72. The average molecular weight is 386 g/mol. The summed E-state index contributed by atoms with van der Waals surface area (Å²) in [6, 6.07) is 29.0. The summed E-state index contributed by atoms with van der Waals surface area (Å²) in [7, 11) is 4.16. The molecule has 0 fully saturated rings. The lowest BCUT2D eigenvalue weighted by atomic mass is 9.66. The van der Waals surface area contributed by atoms with Crippen LogP contribution in [-0.2, 0) is 16.6 Å². The van der Waals surface area contributed by atoms with Crippen molar-refractivity contribution in [2.75, 3.05) is 14.1 Å². The number of benzene rings is 3. The number of nitrogens with zero attached hydrogens (tertiary/aromatic N) is 1. The average Bonchev–Trinajstić information content (AvgIpc) is 2.74. The van der Waals surface area contributed by atoms with Gasteiger partial charge in [0, 0.05) is 12.5 Å². The van der Waals surface area contributed by atoms with Crippen LogP contribution in [0.3, 0.4) is 0 Å². The molecule has 150 valence electrons. The number of rotatable bonds is 8. The summed E-state index contributed by atoms with van der Waals surface area (Å²) in [4.78, 5) is 16.3. The topological polar surface area (TPSA) is 20.3 Å². The van der Waals surface area contributed by atoms with Crippen LogP contribution in [0.25, 0.3) is 0 Å². The zero-order valence-electron chi connectivity index (χ0n) is 17.9. The molecule has 0 N–H and O–H groups in total. The van der Waals surface area contributed by atoms with Crippen LogP contribution in [0.2, 0.25) is 0 Å². The minimum absolute atomic E-state index is 0.247. The molecule has 3 aromatic rings. The van der Waals surface area contributed by atoms with Crippen LogP contribution in [0.4, 0.5) is 0 Å². The summed E-state index contributed by atoms with van der Waals surface area (Å²) in [5.74, 6) is 0.248. The molecule has 0 aliphatic heterocycles. The number of hydrogen-bond donors (Lipinski definition) is 0. The molecule has 0 heterocycles. The van der Waals surface area contributed by atoms with E-state index in [1.165, 1.54) is 0 Å². The highest BCUT2D eigenvalue weighted by Crippen LogP contribution is 2.39. The van der Waals surface area contributed by atoms with Gasteiger partial charge in [-0.3, -0.25) is 4.79 Å². The standard InChI is InChI=1S/C27H31NO/c1-21-13-11-12-14-23(21)19-26(29)27(20-22(2)28(3)4,24-15-7-5-8-16-24)25-17-9-6-10-18-25/h5-18,22H,19-20H2,1-4H3/t22-/m1/s1. The van der Waals surface area contributed by atoms with E-state index in [0.29, 0.717) is 6.42 Å². The Balaban J connectivity index is 2.17. The zero-order valence-corrected chi connectivity index (χ0v) is 17.9. The monoisotopic (exact) mass is 385 g/mol. The maximum absolute atomic E-state index is 14.1. The maximum Gasteiger partial charge on any atom is 0.152 e. The van der Waals surface area contributed by atoms with Gasteiger partial charge in [0.2, 0.25) is 0 Å². The molecule has 2 heteroatoms. The summed E-state index contributed by atoms with van der Waals surface area (Å²) >= 11 is 0. The number of hydrogen-bond acceptors (Lipinski definition) is 2. The van der Waals surface area contributed by atoms with Crippen molar-refractivity contribution in [2.45, 2.75) is 38.1 Å². The fourth-order valence-electron chi connectivity index (χ4n) is 4.04. The van der Waals surface area contributed by atoms with Crippen LogP contribution in [0.5, 0.6) is 0 Å². The van der Waals surface area contributed by atoms with Crippen LogP contribution >= 0.6 is 0 Å². The fourth-order valence-corrected chi connectivity index (χ4v) is 4.04. The molecular weight excluding hydrogens is 354 g/mol. The predicted molar refractivity (Wildman–Crippen MR) is 121 cm³/mol. The van der Waals surface area contributed by atoms with Crippen LogP contribution in [0.15, 0.2) is 84.9 Å². The lowest BCUT2D eigenvalue weighted by molar-refractivity contribution is -0.123. The van der Waals surface area contributed by atoms with E-state index in [-0.39, 0.29) is 11.8 Å². The summed E-state index contributed by atoms with van der Waals surface area (Å²) in [5, 5.41) is 0. The lowest BCUT2D eigenvalue weighted by Crippen LogP contribution is -2.44. The van der Waals surface area contributed by atoms with Gasteiger partial charge in [-0.15, -0.1) is 0 Å². The SMILES string of the molecule is Cc1ccccc1CC(=O)C(C[C@@H](C)N(C)C)(c1ccccc1)c1ccccc1. The first-order chi connectivity index (χ1) is 13.9. The molecule has 0 bridgehead atoms. The third kappa shape index (κ3) is 4.49. The van der Waals surface area contributed by atoms with Gasteiger partial charge in [-0.25, -0.2) is 0 Å². The summed E-state index contributed by atoms with van der Waals surface area (Å²) < 4.78 is 0. The van der Waals surface area contributed by atoms with Crippen LogP contribution < -0.4 is 0 Å². The second kappa shape index (κ2) is 9.19. The van der Waals surface area contributed by atoms with E-state index in [0.717, 1.165) is 28.7 Å². The van der Waals surface area contributed by atoms with E-state index in [4.69, 9.17) is 0 Å². The molecule has 3 aromatic carbocycles. The van der Waals surface area contributed by atoms with E-state index in [9.17, 15) is 4.79 Å². The van der Waals surface area contributed by atoms with E-state index >= 15 is 0 Å². The van der Waals surface area contributed by atoms with Crippen molar-refractivity contribution in [3.8, 4) is 0 Å². The van der Waals surface area contributed by atoms with Crippen molar-refractivity contribution in [3.63, 3.8) is 0 Å². The Hall–Kier alpha value is -2.71. The summed E-state index contributed by atoms with van der Waals surface area (Å²) in [6.07, 6.45) is 1.16. The minimum atomic E-state index is -0.686. The molecule has 1 atom stereocenters. The Labute approximate surface area is 175 Å². The quantitative estimate of drug-likeness (QED) is 0.515. The number of carbonyl (C=O) groups excluding carboxylic acids is 1. The Morgan fingerprint density at radius 1 is 0.828 bits per heavy atom. The lowest BCUT2D eigenvalue weighted by Gasteiger charge is -2.38. The van der Waals surface area contributed by atoms with E-state index in [2.05, 4.69) is 69.2 Å². The first kappa shape index (κ1) is 21.0. The van der Waals surface area contributed by atoms with Crippen molar-refractivity contribution in [1.82, 2.24) is 4.90 Å². The van der Waals surface area contributed by atoms with Crippen LogP contribution in [-0.4, -0.2) is 30.8 Å². The van der Waals surface area contributed by atoms with Crippen molar-refractivity contribution in [3.05, 3.63) is 107 Å². The van der Waals surface area contributed by atoms with Gasteiger partial charge in [0.05, 0.1) is 5.41 Å². The first-order valence-corrected chi connectivity index (χ1v) is 10.3. The normalized spacial score (nSPS) is 12.7. The van der Waals surface area contributed by atoms with E-state index < -0.39 is 5.41 Å². The number of Topliss-reactive ketones (excluding diaryl/α,β-unsaturated/α-hetero) is 1. The second-order valence-corrected chi connectivity index (χ2v) is 8.18. The molecule has 0 saturated heterocycles. The molecule has 0 radical (unpaired) electrons. The Morgan fingerprint density at radius 2 is 1.31 bits per heavy atom. The van der Waals surface area contributed by atoms with Gasteiger partial charge >= 0.3 is 0 Å². The molecular formula is C27H31NO. The molecule has 0 spiro atoms. The molecule has 0 unspecified atom stereocenters. The van der Waals surface area contributed by atoms with Crippen molar-refractivity contribution < 1.29 is 4.79 Å². The maximum atomic E-state index is 14.1. The molecule has 29 heavy (non-hydrogen) atoms. The molecule has 0 saturated carbocycles. The van der Waals surface area contributed by atoms with Gasteiger partial charge in [0.15, 0.2) is 5.78 Å². The van der Waals surface area contributed by atoms with E-state index in [1.54, 1.807) is 0 Å². The molecule has 3 rings (SSSR count). The third-order valence-corrected chi connectivity index (χ3v) is 6.10. The third-order valence-electron chi connectivity index (χ3n) is 6.10. The van der Waals surface area contributed by atoms with Gasteiger partial charge in [-0.2, -0.15) is 0 Å². The second-order valence-electron chi connectivity index (χ2n) is 8.18.